The molecule has 1 aliphatic heterocycles. The fraction of sp³-hybridized carbons (Fsp3) is 0.286. The summed E-state index contributed by atoms with van der Waals surface area (Å²) in [6.07, 6.45) is -1.45. The summed E-state index contributed by atoms with van der Waals surface area (Å²) in [5.41, 5.74) is 2.22. The summed E-state index contributed by atoms with van der Waals surface area (Å²) in [6, 6.07) is 15.3. The smallest absolute Gasteiger partial charge is 0.431 e. The second-order valence-corrected chi connectivity index (χ2v) is 9.39. The summed E-state index contributed by atoms with van der Waals surface area (Å²) in [6.45, 7) is 0.911. The average Bonchev–Trinajstić information content (AvgIpc) is 3.52. The highest BCUT2D eigenvalue weighted by Crippen LogP contribution is 2.33. The molecule has 0 spiro atoms. The first-order valence-electron chi connectivity index (χ1n) is 12.2. The van der Waals surface area contributed by atoms with Gasteiger partial charge >= 0.3 is 6.18 Å². The fourth-order valence-electron chi connectivity index (χ4n) is 5.13. The van der Waals surface area contributed by atoms with Gasteiger partial charge in [-0.1, -0.05) is 18.2 Å². The molecule has 2 N–H and O–H groups in total. The summed E-state index contributed by atoms with van der Waals surface area (Å²) in [7, 11) is 2.83. The summed E-state index contributed by atoms with van der Waals surface area (Å²) in [5, 5.41) is 3.64. The molecule has 2 amide bonds. The highest BCUT2D eigenvalue weighted by molar-refractivity contribution is 6.14. The average molecular weight is 525 g/mol. The number of benzene rings is 2. The number of nitrogens with one attached hydrogen (secondary N) is 2. The van der Waals surface area contributed by atoms with E-state index in [0.29, 0.717) is 42.9 Å². The first-order valence-corrected chi connectivity index (χ1v) is 12.2. The Labute approximate surface area is 217 Å². The van der Waals surface area contributed by atoms with Crippen molar-refractivity contribution in [3.05, 3.63) is 83.3 Å². The fourth-order valence-corrected chi connectivity index (χ4v) is 5.13. The quantitative estimate of drug-likeness (QED) is 0.346. The van der Waals surface area contributed by atoms with Crippen molar-refractivity contribution in [3.63, 3.8) is 0 Å². The highest BCUT2D eigenvalue weighted by atomic mass is 19.4. The van der Waals surface area contributed by atoms with Crippen molar-refractivity contribution in [1.29, 1.82) is 0 Å². The van der Waals surface area contributed by atoms with Crippen LogP contribution in [0.2, 0.25) is 0 Å². The van der Waals surface area contributed by atoms with Gasteiger partial charge in [0.1, 0.15) is 17.1 Å². The maximum Gasteiger partial charge on any atom is 0.431 e. The zero-order valence-corrected chi connectivity index (χ0v) is 20.9. The predicted molar refractivity (Wildman–Crippen MR) is 138 cm³/mol. The van der Waals surface area contributed by atoms with Crippen molar-refractivity contribution in [1.82, 2.24) is 14.5 Å². The molecule has 2 aromatic heterocycles. The topological polar surface area (TPSA) is 79.4 Å². The van der Waals surface area contributed by atoms with Gasteiger partial charge in [-0.2, -0.15) is 13.2 Å². The van der Waals surface area contributed by atoms with Gasteiger partial charge in [-0.05, 0) is 60.7 Å². The van der Waals surface area contributed by atoms with Gasteiger partial charge in [0.05, 0.1) is 18.1 Å². The molecule has 10 heteroatoms. The van der Waals surface area contributed by atoms with Crippen LogP contribution in [-0.2, 0) is 13.2 Å². The van der Waals surface area contributed by atoms with E-state index in [4.69, 9.17) is 4.74 Å². The Morgan fingerprint density at radius 3 is 2.37 bits per heavy atom. The Hall–Kier alpha value is -4.21. The minimum absolute atomic E-state index is 0.0312. The third-order valence-electron chi connectivity index (χ3n) is 7.19. The lowest BCUT2D eigenvalue weighted by Gasteiger charge is -2.32. The number of likely N-dealkylation sites (tertiary alicyclic amines) is 1. The van der Waals surface area contributed by atoms with E-state index < -0.39 is 17.8 Å². The number of carbonyl (C=O) groups is 2. The molecular weight excluding hydrogens is 497 g/mol. The van der Waals surface area contributed by atoms with Gasteiger partial charge in [0.15, 0.2) is 0 Å². The zero-order chi connectivity index (χ0) is 27.0. The Bertz CT molecular complexity index is 1480. The van der Waals surface area contributed by atoms with Gasteiger partial charge in [0, 0.05) is 37.5 Å². The number of hydrogen-bond acceptors (Lipinski definition) is 3. The maximum absolute atomic E-state index is 13.1. The first kappa shape index (κ1) is 25.4. The first-order chi connectivity index (χ1) is 18.2. The van der Waals surface area contributed by atoms with Gasteiger partial charge in [-0.25, -0.2) is 0 Å². The van der Waals surface area contributed by atoms with Crippen molar-refractivity contribution in [2.24, 2.45) is 7.05 Å². The number of amides is 2. The molecule has 4 aromatic rings. The van der Waals surface area contributed by atoms with Crippen LogP contribution < -0.4 is 10.1 Å². The van der Waals surface area contributed by atoms with E-state index in [-0.39, 0.29) is 17.5 Å². The number of aromatic amines is 1. The number of nitrogens with zero attached hydrogens (tertiary/aromatic N) is 2. The maximum atomic E-state index is 13.1. The Balaban J connectivity index is 1.21. The molecule has 5 rings (SSSR count). The van der Waals surface area contributed by atoms with Gasteiger partial charge < -0.3 is 24.5 Å². The van der Waals surface area contributed by atoms with Crippen molar-refractivity contribution < 1.29 is 27.5 Å². The lowest BCUT2D eigenvalue weighted by molar-refractivity contribution is -0.143. The highest BCUT2D eigenvalue weighted by Gasteiger charge is 2.36. The van der Waals surface area contributed by atoms with Gasteiger partial charge in [0.2, 0.25) is 0 Å². The number of hydrogen-bond donors (Lipinski definition) is 2. The second-order valence-electron chi connectivity index (χ2n) is 9.39. The number of alkyl halides is 3. The Morgan fingerprint density at radius 1 is 1.03 bits per heavy atom. The van der Waals surface area contributed by atoms with Crippen molar-refractivity contribution >= 4 is 28.4 Å². The molecule has 0 unspecified atom stereocenters. The number of fused-ring (bicyclic) bond motifs is 1. The molecule has 0 aliphatic carbocycles. The van der Waals surface area contributed by atoms with Crippen molar-refractivity contribution in [2.75, 3.05) is 25.5 Å². The molecule has 7 nitrogen and oxygen atoms in total. The number of carbonyl (C=O) groups excluding carboxylic acids is 2. The molecule has 0 bridgehead atoms. The number of halogens is 3. The third kappa shape index (κ3) is 4.73. The van der Waals surface area contributed by atoms with Crippen molar-refractivity contribution in [3.8, 4) is 5.75 Å². The minimum Gasteiger partial charge on any atom is -0.496 e. The molecule has 198 valence electrons. The number of methoxy groups -OCH3 is 1. The molecule has 0 atom stereocenters. The monoisotopic (exact) mass is 524 g/mol. The van der Waals surface area contributed by atoms with Crippen LogP contribution in [0.5, 0.6) is 5.75 Å². The van der Waals surface area contributed by atoms with Gasteiger partial charge in [-0.15, -0.1) is 0 Å². The van der Waals surface area contributed by atoms with Gasteiger partial charge in [0.25, 0.3) is 11.8 Å². The van der Waals surface area contributed by atoms with Crippen LogP contribution in [0.1, 0.15) is 50.9 Å². The number of piperidine rings is 1. The van der Waals surface area contributed by atoms with E-state index in [0.717, 1.165) is 27.1 Å². The van der Waals surface area contributed by atoms with Crippen LogP contribution in [0.3, 0.4) is 0 Å². The summed E-state index contributed by atoms with van der Waals surface area (Å²) >= 11 is 0. The molecular formula is C28H27F3N4O3. The van der Waals surface area contributed by atoms with E-state index in [1.165, 1.54) is 13.1 Å². The molecule has 1 aliphatic rings. The molecule has 0 radical (unpaired) electrons. The summed E-state index contributed by atoms with van der Waals surface area (Å²) < 4.78 is 45.6. The lowest BCUT2D eigenvalue weighted by atomic mass is 9.89. The third-order valence-corrected chi connectivity index (χ3v) is 7.19. The summed E-state index contributed by atoms with van der Waals surface area (Å²) in [5.74, 6) is 0.172. The lowest BCUT2D eigenvalue weighted by Crippen LogP contribution is -2.38. The minimum atomic E-state index is -4.51. The van der Waals surface area contributed by atoms with Gasteiger partial charge in [-0.3, -0.25) is 9.59 Å². The number of H-pyrrole nitrogens is 1. The van der Waals surface area contributed by atoms with E-state index >= 15 is 0 Å². The van der Waals surface area contributed by atoms with Crippen LogP contribution in [0.15, 0.2) is 60.8 Å². The zero-order valence-electron chi connectivity index (χ0n) is 20.9. The van der Waals surface area contributed by atoms with Crippen LogP contribution in [0.25, 0.3) is 10.9 Å². The van der Waals surface area contributed by atoms with Crippen LogP contribution >= 0.6 is 0 Å². The number of ether oxygens (including phenoxy) is 1. The molecule has 1 saturated heterocycles. The SMILES string of the molecule is COc1cccc2[nH]cc(C(=O)Nc3ccc(C4CCN(C(=O)c5ccc(C(F)(F)F)n5C)CC4)cc3)c12. The molecule has 2 aromatic carbocycles. The van der Waals surface area contributed by atoms with E-state index in [2.05, 4.69) is 10.3 Å². The number of rotatable bonds is 5. The summed E-state index contributed by atoms with van der Waals surface area (Å²) in [4.78, 5) is 30.5. The van der Waals surface area contributed by atoms with Crippen LogP contribution in [0.4, 0.5) is 18.9 Å². The molecule has 3 heterocycles. The standard InChI is InChI=1S/C28H27F3N4O3/c1-34-22(10-11-24(34)28(29,30)31)27(37)35-14-12-18(13-15-35)17-6-8-19(9-7-17)33-26(36)20-16-32-21-4-3-5-23(38-2)25(20)21/h3-11,16,18,32H,12-15H2,1-2H3,(H,33,36). The second kappa shape index (κ2) is 9.92. The van der Waals surface area contributed by atoms with E-state index in [1.54, 1.807) is 24.3 Å². The Morgan fingerprint density at radius 2 is 1.74 bits per heavy atom. The predicted octanol–water partition coefficient (Wildman–Crippen LogP) is 5.81. The molecule has 0 saturated carbocycles. The van der Waals surface area contributed by atoms with E-state index in [1.807, 2.05) is 36.4 Å². The molecule has 1 fully saturated rings. The number of aromatic nitrogens is 2. The largest absolute Gasteiger partial charge is 0.496 e. The van der Waals surface area contributed by atoms with Crippen LogP contribution in [0, 0.1) is 0 Å². The van der Waals surface area contributed by atoms with E-state index in [9.17, 15) is 22.8 Å². The Kier molecular flexibility index (Phi) is 6.64. The molecule has 38 heavy (non-hydrogen) atoms. The number of anilines is 1. The normalized spacial score (nSPS) is 14.6. The van der Waals surface area contributed by atoms with Crippen molar-refractivity contribution in [2.45, 2.75) is 24.9 Å². The van der Waals surface area contributed by atoms with Crippen LogP contribution in [-0.4, -0.2) is 46.5 Å².